The van der Waals surface area contributed by atoms with Crippen molar-refractivity contribution in [3.63, 3.8) is 0 Å². The number of anilines is 1. The molecule has 0 unspecified atom stereocenters. The Labute approximate surface area is 189 Å². The van der Waals surface area contributed by atoms with E-state index in [4.69, 9.17) is 23.7 Å². The first-order chi connectivity index (χ1) is 15.9. The molecule has 3 rings (SSSR count). The number of amides is 1. The van der Waals surface area contributed by atoms with Gasteiger partial charge < -0.3 is 29.1 Å². The standard InChI is InChI=1S/C24H20N2O7/c1-30-18-6-4-17(5-7-18)26-23(27)16(13-25)11-15-3-9-20(22(12-15)31-2)32-14-19-8-10-21(33-19)24(28)29/h3-12H,14H2,1-2H3,(H,26,27)(H,28,29). The van der Waals surface area contributed by atoms with Gasteiger partial charge in [-0.05, 0) is 60.2 Å². The first-order valence-electron chi connectivity index (χ1n) is 9.63. The van der Waals surface area contributed by atoms with Crippen molar-refractivity contribution in [2.24, 2.45) is 0 Å². The molecule has 0 radical (unpaired) electrons. The Kier molecular flexibility index (Phi) is 7.34. The lowest BCUT2D eigenvalue weighted by Crippen LogP contribution is -2.13. The number of carbonyl (C=O) groups is 2. The Morgan fingerprint density at radius 1 is 1.06 bits per heavy atom. The van der Waals surface area contributed by atoms with Gasteiger partial charge in [0.2, 0.25) is 5.76 Å². The molecule has 0 spiro atoms. The summed E-state index contributed by atoms with van der Waals surface area (Å²) in [6, 6.07) is 16.3. The number of hydrogen-bond acceptors (Lipinski definition) is 7. The van der Waals surface area contributed by atoms with Crippen molar-refractivity contribution in [3.05, 3.63) is 77.3 Å². The minimum Gasteiger partial charge on any atom is -0.497 e. The second-order valence-corrected chi connectivity index (χ2v) is 6.62. The molecule has 0 saturated heterocycles. The summed E-state index contributed by atoms with van der Waals surface area (Å²) in [4.78, 5) is 23.4. The van der Waals surface area contributed by atoms with Gasteiger partial charge in [0, 0.05) is 5.69 Å². The van der Waals surface area contributed by atoms with E-state index >= 15 is 0 Å². The van der Waals surface area contributed by atoms with Crippen molar-refractivity contribution in [2.75, 3.05) is 19.5 Å². The second kappa shape index (κ2) is 10.5. The van der Waals surface area contributed by atoms with E-state index in [9.17, 15) is 14.9 Å². The Morgan fingerprint density at radius 2 is 1.82 bits per heavy atom. The topological polar surface area (TPSA) is 131 Å². The third-order valence-electron chi connectivity index (χ3n) is 4.45. The first kappa shape index (κ1) is 23.0. The van der Waals surface area contributed by atoms with Crippen LogP contribution in [0.3, 0.4) is 0 Å². The normalized spacial score (nSPS) is 10.8. The molecule has 0 bridgehead atoms. The Hall–Kier alpha value is -4.71. The van der Waals surface area contributed by atoms with Crippen LogP contribution < -0.4 is 19.5 Å². The van der Waals surface area contributed by atoms with Crippen LogP contribution in [0, 0.1) is 11.3 Å². The molecular formula is C24H20N2O7. The van der Waals surface area contributed by atoms with Crippen LogP contribution >= 0.6 is 0 Å². The SMILES string of the molecule is COc1ccc(NC(=O)C(C#N)=Cc2ccc(OCc3ccc(C(=O)O)o3)c(OC)c2)cc1. The van der Waals surface area contributed by atoms with Gasteiger partial charge in [0.05, 0.1) is 14.2 Å². The van der Waals surface area contributed by atoms with Crippen LogP contribution in [-0.2, 0) is 11.4 Å². The number of hydrogen-bond donors (Lipinski definition) is 2. The number of carbonyl (C=O) groups excluding carboxylic acids is 1. The number of nitrogens with one attached hydrogen (secondary N) is 1. The fraction of sp³-hybridized carbons (Fsp3) is 0.125. The molecule has 0 aliphatic heterocycles. The zero-order valence-electron chi connectivity index (χ0n) is 17.8. The number of benzene rings is 2. The van der Waals surface area contributed by atoms with Crippen LogP contribution in [0.1, 0.15) is 21.9 Å². The van der Waals surface area contributed by atoms with Crippen LogP contribution in [0.25, 0.3) is 6.08 Å². The summed E-state index contributed by atoms with van der Waals surface area (Å²) in [5.74, 6) is -0.190. The summed E-state index contributed by atoms with van der Waals surface area (Å²) in [5.41, 5.74) is 0.970. The predicted octanol–water partition coefficient (Wildman–Crippen LogP) is 4.12. The fourth-order valence-electron chi connectivity index (χ4n) is 2.80. The van der Waals surface area contributed by atoms with Gasteiger partial charge in [0.25, 0.3) is 5.91 Å². The van der Waals surface area contributed by atoms with Gasteiger partial charge in [-0.3, -0.25) is 4.79 Å². The molecule has 0 saturated carbocycles. The van der Waals surface area contributed by atoms with Crippen molar-refractivity contribution < 1.29 is 33.3 Å². The monoisotopic (exact) mass is 448 g/mol. The van der Waals surface area contributed by atoms with Gasteiger partial charge in [0.15, 0.2) is 11.5 Å². The highest BCUT2D eigenvalue weighted by molar-refractivity contribution is 6.09. The fourth-order valence-corrected chi connectivity index (χ4v) is 2.80. The van der Waals surface area contributed by atoms with E-state index in [-0.39, 0.29) is 17.9 Å². The van der Waals surface area contributed by atoms with E-state index in [1.165, 1.54) is 25.3 Å². The Morgan fingerprint density at radius 3 is 2.42 bits per heavy atom. The van der Waals surface area contributed by atoms with Crippen molar-refractivity contribution >= 4 is 23.6 Å². The largest absolute Gasteiger partial charge is 0.497 e. The Bertz CT molecular complexity index is 1220. The third kappa shape index (κ3) is 5.92. The molecule has 0 fully saturated rings. The van der Waals surface area contributed by atoms with Crippen molar-refractivity contribution in [2.45, 2.75) is 6.61 Å². The molecule has 168 valence electrons. The summed E-state index contributed by atoms with van der Waals surface area (Å²) < 4.78 is 21.2. The number of carboxylic acids is 1. The molecule has 3 aromatic rings. The van der Waals surface area contributed by atoms with E-state index in [0.29, 0.717) is 34.3 Å². The number of carboxylic acid groups (broad SMARTS) is 1. The van der Waals surface area contributed by atoms with Crippen LogP contribution in [0.15, 0.2) is 64.6 Å². The first-order valence-corrected chi connectivity index (χ1v) is 9.63. The molecule has 9 nitrogen and oxygen atoms in total. The molecule has 1 heterocycles. The summed E-state index contributed by atoms with van der Waals surface area (Å²) in [6.45, 7) is -0.00740. The van der Waals surface area contributed by atoms with Gasteiger partial charge in [-0.25, -0.2) is 4.79 Å². The number of rotatable bonds is 9. The molecule has 9 heteroatoms. The average Bonchev–Trinajstić information content (AvgIpc) is 3.31. The molecule has 2 N–H and O–H groups in total. The maximum atomic E-state index is 12.5. The maximum Gasteiger partial charge on any atom is 0.371 e. The number of nitrogens with zero attached hydrogens (tertiary/aromatic N) is 1. The minimum absolute atomic E-state index is 0.00740. The summed E-state index contributed by atoms with van der Waals surface area (Å²) in [6.07, 6.45) is 1.43. The molecule has 0 aliphatic carbocycles. The van der Waals surface area contributed by atoms with Crippen LogP contribution in [0.5, 0.6) is 17.2 Å². The molecule has 0 atom stereocenters. The lowest BCUT2D eigenvalue weighted by atomic mass is 10.1. The van der Waals surface area contributed by atoms with Gasteiger partial charge in [-0.1, -0.05) is 6.07 Å². The number of aromatic carboxylic acids is 1. The van der Waals surface area contributed by atoms with Crippen LogP contribution in [0.2, 0.25) is 0 Å². The molecule has 1 aromatic heterocycles. The minimum atomic E-state index is -1.17. The number of ether oxygens (including phenoxy) is 3. The molecule has 0 aliphatic rings. The van der Waals surface area contributed by atoms with E-state index in [0.717, 1.165) is 0 Å². The number of furan rings is 1. The Balaban J connectivity index is 1.72. The van der Waals surface area contributed by atoms with E-state index in [1.54, 1.807) is 49.6 Å². The van der Waals surface area contributed by atoms with E-state index in [1.807, 2.05) is 6.07 Å². The summed E-state index contributed by atoms with van der Waals surface area (Å²) in [5, 5.41) is 21.0. The summed E-state index contributed by atoms with van der Waals surface area (Å²) >= 11 is 0. The number of methoxy groups -OCH3 is 2. The van der Waals surface area contributed by atoms with E-state index in [2.05, 4.69) is 5.32 Å². The maximum absolute atomic E-state index is 12.5. The van der Waals surface area contributed by atoms with Crippen molar-refractivity contribution in [1.82, 2.24) is 0 Å². The zero-order chi connectivity index (χ0) is 23.8. The lowest BCUT2D eigenvalue weighted by Gasteiger charge is -2.11. The third-order valence-corrected chi connectivity index (χ3v) is 4.45. The van der Waals surface area contributed by atoms with Crippen molar-refractivity contribution in [3.8, 4) is 23.3 Å². The quantitative estimate of drug-likeness (QED) is 0.369. The van der Waals surface area contributed by atoms with Crippen LogP contribution in [0.4, 0.5) is 5.69 Å². The molecular weight excluding hydrogens is 428 g/mol. The predicted molar refractivity (Wildman–Crippen MR) is 118 cm³/mol. The lowest BCUT2D eigenvalue weighted by molar-refractivity contribution is -0.112. The van der Waals surface area contributed by atoms with Crippen molar-refractivity contribution in [1.29, 1.82) is 5.26 Å². The average molecular weight is 448 g/mol. The van der Waals surface area contributed by atoms with Crippen LogP contribution in [-0.4, -0.2) is 31.2 Å². The molecule has 2 aromatic carbocycles. The zero-order valence-corrected chi connectivity index (χ0v) is 17.8. The highest BCUT2D eigenvalue weighted by atomic mass is 16.5. The highest BCUT2D eigenvalue weighted by Gasteiger charge is 2.13. The number of nitriles is 1. The van der Waals surface area contributed by atoms with Gasteiger partial charge >= 0.3 is 5.97 Å². The van der Waals surface area contributed by atoms with Gasteiger partial charge in [0.1, 0.15) is 29.8 Å². The molecule has 1 amide bonds. The smallest absolute Gasteiger partial charge is 0.371 e. The summed E-state index contributed by atoms with van der Waals surface area (Å²) in [7, 11) is 2.99. The van der Waals surface area contributed by atoms with E-state index < -0.39 is 11.9 Å². The molecule has 33 heavy (non-hydrogen) atoms. The van der Waals surface area contributed by atoms with Gasteiger partial charge in [-0.2, -0.15) is 5.26 Å². The second-order valence-electron chi connectivity index (χ2n) is 6.62. The highest BCUT2D eigenvalue weighted by Crippen LogP contribution is 2.30. The van der Waals surface area contributed by atoms with Gasteiger partial charge in [-0.15, -0.1) is 0 Å².